The molecule has 3 rings (SSSR count). The fraction of sp³-hybridized carbons (Fsp3) is 0.833. The number of aliphatic imine (C=N–C) groups is 1. The number of nitrogens with zero attached hydrogens (tertiary/aromatic N) is 4. The summed E-state index contributed by atoms with van der Waals surface area (Å²) in [5.74, 6) is 3.27. The largest absolute Gasteiger partial charge is 0.381 e. The summed E-state index contributed by atoms with van der Waals surface area (Å²) in [6, 6.07) is 0.168. The molecule has 0 aliphatic carbocycles. The van der Waals surface area contributed by atoms with Gasteiger partial charge in [-0.2, -0.15) is 5.10 Å². The minimum Gasteiger partial charge on any atom is -0.381 e. The van der Waals surface area contributed by atoms with Gasteiger partial charge < -0.3 is 20.1 Å². The molecule has 2 aliphatic rings. The van der Waals surface area contributed by atoms with Crippen LogP contribution in [0.2, 0.25) is 0 Å². The van der Waals surface area contributed by atoms with Crippen LogP contribution in [-0.2, 0) is 16.0 Å². The highest BCUT2D eigenvalue weighted by Crippen LogP contribution is 2.22. The highest BCUT2D eigenvalue weighted by atomic mass is 127. The van der Waals surface area contributed by atoms with Crippen molar-refractivity contribution >= 4 is 29.9 Å². The van der Waals surface area contributed by atoms with E-state index in [0.717, 1.165) is 89.4 Å². The molecule has 2 atom stereocenters. The van der Waals surface area contributed by atoms with E-state index in [1.807, 2.05) is 11.6 Å². The Morgan fingerprint density at radius 3 is 3.07 bits per heavy atom. The third kappa shape index (κ3) is 6.86. The second kappa shape index (κ2) is 11.8. The normalized spacial score (nSPS) is 22.2. The SMILES string of the molecule is CCNC(=NCCCOCC1CCOC1)NC1CCCn2nc(C)nc21.I. The highest BCUT2D eigenvalue weighted by molar-refractivity contribution is 14.0. The van der Waals surface area contributed by atoms with Gasteiger partial charge in [0.25, 0.3) is 0 Å². The molecule has 3 heterocycles. The molecule has 0 saturated carbocycles. The number of rotatable bonds is 8. The highest BCUT2D eigenvalue weighted by Gasteiger charge is 2.24. The van der Waals surface area contributed by atoms with Gasteiger partial charge in [-0.25, -0.2) is 9.67 Å². The summed E-state index contributed by atoms with van der Waals surface area (Å²) in [6.45, 7) is 9.83. The van der Waals surface area contributed by atoms with Crippen molar-refractivity contribution in [1.29, 1.82) is 0 Å². The van der Waals surface area contributed by atoms with Crippen LogP contribution in [0.25, 0.3) is 0 Å². The van der Waals surface area contributed by atoms with Crippen molar-refractivity contribution in [2.75, 3.05) is 39.5 Å². The molecule has 0 radical (unpaired) electrons. The van der Waals surface area contributed by atoms with Gasteiger partial charge in [0.2, 0.25) is 0 Å². The number of ether oxygens (including phenoxy) is 2. The van der Waals surface area contributed by atoms with E-state index in [9.17, 15) is 0 Å². The van der Waals surface area contributed by atoms with Crippen molar-refractivity contribution < 1.29 is 9.47 Å². The van der Waals surface area contributed by atoms with Crippen molar-refractivity contribution in [3.63, 3.8) is 0 Å². The van der Waals surface area contributed by atoms with Crippen LogP contribution in [0.1, 0.15) is 50.3 Å². The van der Waals surface area contributed by atoms with Crippen LogP contribution >= 0.6 is 24.0 Å². The van der Waals surface area contributed by atoms with Crippen LogP contribution < -0.4 is 10.6 Å². The maximum Gasteiger partial charge on any atom is 0.191 e. The summed E-state index contributed by atoms with van der Waals surface area (Å²) in [6.07, 6.45) is 4.20. The molecule has 0 spiro atoms. The van der Waals surface area contributed by atoms with E-state index in [1.165, 1.54) is 0 Å². The second-order valence-electron chi connectivity index (χ2n) is 7.00. The molecule has 1 aromatic heterocycles. The summed E-state index contributed by atoms with van der Waals surface area (Å²) in [5.41, 5.74) is 0. The Kier molecular flexibility index (Phi) is 9.77. The molecular formula is C18H33IN6O2. The second-order valence-corrected chi connectivity index (χ2v) is 7.00. The zero-order chi connectivity index (χ0) is 18.2. The number of nitrogens with one attached hydrogen (secondary N) is 2. The Labute approximate surface area is 178 Å². The van der Waals surface area contributed by atoms with Crippen LogP contribution in [0, 0.1) is 12.8 Å². The van der Waals surface area contributed by atoms with E-state index in [0.29, 0.717) is 5.92 Å². The lowest BCUT2D eigenvalue weighted by Crippen LogP contribution is -2.41. The molecular weight excluding hydrogens is 459 g/mol. The van der Waals surface area contributed by atoms with Crippen molar-refractivity contribution in [3.8, 4) is 0 Å². The fourth-order valence-electron chi connectivity index (χ4n) is 3.41. The molecule has 0 amide bonds. The molecule has 9 heteroatoms. The first-order chi connectivity index (χ1) is 12.8. The van der Waals surface area contributed by atoms with Crippen molar-refractivity contribution in [2.45, 2.75) is 52.1 Å². The third-order valence-electron chi connectivity index (χ3n) is 4.73. The standard InChI is InChI=1S/C18H32N6O2.HI/c1-3-19-18(20-8-5-10-25-12-15-7-11-26-13-15)22-16-6-4-9-24-17(16)21-14(2)23-24;/h15-16H,3-13H2,1-2H3,(H2,19,20,22);1H. The maximum absolute atomic E-state index is 5.75. The van der Waals surface area contributed by atoms with Gasteiger partial charge in [0.1, 0.15) is 11.6 Å². The van der Waals surface area contributed by atoms with Gasteiger partial charge in [0.15, 0.2) is 5.96 Å². The lowest BCUT2D eigenvalue weighted by atomic mass is 10.1. The molecule has 27 heavy (non-hydrogen) atoms. The van der Waals surface area contributed by atoms with E-state index < -0.39 is 0 Å². The van der Waals surface area contributed by atoms with Crippen molar-refractivity contribution in [2.24, 2.45) is 10.9 Å². The molecule has 1 fully saturated rings. The average Bonchev–Trinajstić information content (AvgIpc) is 3.27. The molecule has 0 bridgehead atoms. The predicted octanol–water partition coefficient (Wildman–Crippen LogP) is 2.04. The number of aromatic nitrogens is 3. The molecule has 2 unspecified atom stereocenters. The lowest BCUT2D eigenvalue weighted by molar-refractivity contribution is 0.0893. The lowest BCUT2D eigenvalue weighted by Gasteiger charge is -2.25. The first-order valence-electron chi connectivity index (χ1n) is 9.88. The predicted molar refractivity (Wildman–Crippen MR) is 116 cm³/mol. The Hall–Kier alpha value is -0.940. The van der Waals surface area contributed by atoms with Gasteiger partial charge in [0.05, 0.1) is 19.3 Å². The molecule has 1 aromatic rings. The topological polar surface area (TPSA) is 85.6 Å². The Morgan fingerprint density at radius 2 is 2.30 bits per heavy atom. The monoisotopic (exact) mass is 492 g/mol. The fourth-order valence-corrected chi connectivity index (χ4v) is 3.41. The summed E-state index contributed by atoms with van der Waals surface area (Å²) >= 11 is 0. The third-order valence-corrected chi connectivity index (χ3v) is 4.73. The first kappa shape index (κ1) is 22.4. The van der Waals surface area contributed by atoms with Crippen LogP contribution in [0.5, 0.6) is 0 Å². The maximum atomic E-state index is 5.75. The number of guanidine groups is 1. The molecule has 2 N–H and O–H groups in total. The van der Waals surface area contributed by atoms with Crippen molar-refractivity contribution in [3.05, 3.63) is 11.6 Å². The Morgan fingerprint density at radius 1 is 1.41 bits per heavy atom. The first-order valence-corrected chi connectivity index (χ1v) is 9.88. The minimum atomic E-state index is 0. The summed E-state index contributed by atoms with van der Waals surface area (Å²) in [4.78, 5) is 9.27. The van der Waals surface area contributed by atoms with Gasteiger partial charge in [-0.15, -0.1) is 24.0 Å². The van der Waals surface area contributed by atoms with Crippen molar-refractivity contribution in [1.82, 2.24) is 25.4 Å². The van der Waals surface area contributed by atoms with E-state index in [2.05, 4.69) is 32.6 Å². The van der Waals surface area contributed by atoms with Crippen LogP contribution in [0.4, 0.5) is 0 Å². The number of aryl methyl sites for hydroxylation is 2. The molecule has 0 aromatic carbocycles. The number of hydrogen-bond acceptors (Lipinski definition) is 5. The quantitative estimate of drug-likeness (QED) is 0.250. The summed E-state index contributed by atoms with van der Waals surface area (Å²) in [5, 5.41) is 11.3. The Bertz CT molecular complexity index is 588. The molecule has 1 saturated heterocycles. The Balaban J connectivity index is 0.00000261. The summed E-state index contributed by atoms with van der Waals surface area (Å²) in [7, 11) is 0. The van der Waals surface area contributed by atoms with Crippen LogP contribution in [0.15, 0.2) is 4.99 Å². The average molecular weight is 492 g/mol. The molecule has 2 aliphatic heterocycles. The number of fused-ring (bicyclic) bond motifs is 1. The summed E-state index contributed by atoms with van der Waals surface area (Å²) < 4.78 is 13.1. The smallest absolute Gasteiger partial charge is 0.191 e. The molecule has 154 valence electrons. The van der Waals surface area contributed by atoms with Crippen LogP contribution in [0.3, 0.4) is 0 Å². The van der Waals surface area contributed by atoms with Gasteiger partial charge in [-0.05, 0) is 39.5 Å². The van der Waals surface area contributed by atoms with Gasteiger partial charge in [-0.3, -0.25) is 4.99 Å². The number of halogens is 1. The van der Waals surface area contributed by atoms with E-state index in [-0.39, 0.29) is 30.0 Å². The van der Waals surface area contributed by atoms with Crippen LogP contribution in [-0.4, -0.2) is 60.2 Å². The van der Waals surface area contributed by atoms with E-state index in [1.54, 1.807) is 0 Å². The zero-order valence-electron chi connectivity index (χ0n) is 16.4. The number of hydrogen-bond donors (Lipinski definition) is 2. The zero-order valence-corrected chi connectivity index (χ0v) is 18.8. The van der Waals surface area contributed by atoms with E-state index >= 15 is 0 Å². The van der Waals surface area contributed by atoms with E-state index in [4.69, 9.17) is 9.47 Å². The molecule has 8 nitrogen and oxygen atoms in total. The van der Waals surface area contributed by atoms with Gasteiger partial charge in [-0.1, -0.05) is 0 Å². The minimum absolute atomic E-state index is 0. The van der Waals surface area contributed by atoms with Gasteiger partial charge >= 0.3 is 0 Å². The van der Waals surface area contributed by atoms with Gasteiger partial charge in [0, 0.05) is 38.8 Å².